The number of anilines is 1. The predicted molar refractivity (Wildman–Crippen MR) is 242 cm³/mol. The fourth-order valence-electron chi connectivity index (χ4n) is 8.99. The van der Waals surface area contributed by atoms with E-state index in [4.69, 9.17) is 5.73 Å². The molecule has 334 valence electrons. The first kappa shape index (κ1) is 44.3. The minimum atomic E-state index is -0.611. The average Bonchev–Trinajstić information content (AvgIpc) is 3.33. The van der Waals surface area contributed by atoms with Gasteiger partial charge < -0.3 is 30.7 Å². The molecule has 0 saturated carbocycles. The number of hydrogen-bond donors (Lipinski definition) is 3. The standard InChI is InChI=1S/C48H55FN10O5/c1-2-32-6-5-7-35(24-32)36-27-42(52-43(60)28-50)45(51-29-36)48(64)58-14-12-33(13-15-58)30-55-16-18-56(19-17-55)31-44(61)57-20-22-59(23-21-57)47(63)39-25-34(10-11-40(39)49)26-41-37-8-3-4-9-38(37)46(62)54-53-41/h3-11,24-25,27,29,33H,2,12-23,26,28,30-31,50H2,1H3,(H,52,60)(H,54,62). The molecule has 3 aromatic carbocycles. The van der Waals surface area contributed by atoms with Gasteiger partial charge in [-0.05, 0) is 66.1 Å². The molecule has 0 bridgehead atoms. The van der Waals surface area contributed by atoms with Gasteiger partial charge in [-0.3, -0.25) is 28.9 Å². The molecule has 64 heavy (non-hydrogen) atoms. The normalized spacial score (nSPS) is 16.6. The summed E-state index contributed by atoms with van der Waals surface area (Å²) in [5.41, 5.74) is 10.1. The van der Waals surface area contributed by atoms with Gasteiger partial charge in [-0.25, -0.2) is 14.5 Å². The highest BCUT2D eigenvalue weighted by Gasteiger charge is 2.31. The van der Waals surface area contributed by atoms with Crippen molar-refractivity contribution in [3.8, 4) is 11.1 Å². The van der Waals surface area contributed by atoms with Crippen molar-refractivity contribution >= 4 is 40.1 Å². The molecule has 3 fully saturated rings. The van der Waals surface area contributed by atoms with Crippen LogP contribution in [0.1, 0.15) is 57.4 Å². The Morgan fingerprint density at radius 2 is 1.47 bits per heavy atom. The predicted octanol–water partition coefficient (Wildman–Crippen LogP) is 3.63. The number of fused-ring (bicyclic) bond motifs is 1. The molecule has 0 spiro atoms. The Labute approximate surface area is 371 Å². The molecule has 0 atom stereocenters. The zero-order valence-electron chi connectivity index (χ0n) is 36.2. The van der Waals surface area contributed by atoms with E-state index in [0.29, 0.717) is 85.9 Å². The third-order valence-electron chi connectivity index (χ3n) is 12.8. The number of carbonyl (C=O) groups is 4. The molecule has 16 heteroatoms. The summed E-state index contributed by atoms with van der Waals surface area (Å²) in [6.45, 7) is 8.88. The zero-order chi connectivity index (χ0) is 44.7. The second-order valence-electron chi connectivity index (χ2n) is 16.9. The number of H-pyrrole nitrogens is 1. The number of nitrogens with two attached hydrogens (primary N) is 1. The number of halogens is 1. The molecule has 0 radical (unpaired) electrons. The lowest BCUT2D eigenvalue weighted by atomic mass is 9.95. The second-order valence-corrected chi connectivity index (χ2v) is 16.9. The highest BCUT2D eigenvalue weighted by molar-refractivity contribution is 6.03. The summed E-state index contributed by atoms with van der Waals surface area (Å²) >= 11 is 0. The smallest absolute Gasteiger partial charge is 0.274 e. The summed E-state index contributed by atoms with van der Waals surface area (Å²) in [4.78, 5) is 79.7. The van der Waals surface area contributed by atoms with Crippen molar-refractivity contribution in [1.82, 2.24) is 39.7 Å². The minimum absolute atomic E-state index is 0.0203. The summed E-state index contributed by atoms with van der Waals surface area (Å²) in [5.74, 6) is -1.18. The number of piperidine rings is 1. The molecular weight excluding hydrogens is 816 g/mol. The molecule has 5 aromatic rings. The third-order valence-corrected chi connectivity index (χ3v) is 12.8. The molecule has 0 unspecified atom stereocenters. The molecule has 2 aromatic heterocycles. The van der Waals surface area contributed by atoms with Crippen LogP contribution >= 0.6 is 0 Å². The van der Waals surface area contributed by atoms with Crippen LogP contribution in [-0.2, 0) is 22.4 Å². The first-order valence-corrected chi connectivity index (χ1v) is 22.2. The largest absolute Gasteiger partial charge is 0.338 e. The summed E-state index contributed by atoms with van der Waals surface area (Å²) in [6, 6.07) is 21.5. The van der Waals surface area contributed by atoms with Crippen molar-refractivity contribution in [2.24, 2.45) is 11.7 Å². The van der Waals surface area contributed by atoms with E-state index in [9.17, 15) is 24.0 Å². The number of aromatic nitrogens is 3. The van der Waals surface area contributed by atoms with Crippen molar-refractivity contribution in [1.29, 1.82) is 0 Å². The number of nitrogens with zero attached hydrogens (tertiary/aromatic N) is 7. The van der Waals surface area contributed by atoms with Crippen LogP contribution in [0.5, 0.6) is 0 Å². The number of benzene rings is 3. The molecule has 0 aliphatic carbocycles. The van der Waals surface area contributed by atoms with Gasteiger partial charge >= 0.3 is 0 Å². The van der Waals surface area contributed by atoms with Gasteiger partial charge in [0, 0.05) is 95.6 Å². The van der Waals surface area contributed by atoms with E-state index in [1.807, 2.05) is 29.2 Å². The number of amides is 4. The Bertz CT molecular complexity index is 2580. The van der Waals surface area contributed by atoms with Crippen LogP contribution in [0, 0.1) is 11.7 Å². The van der Waals surface area contributed by atoms with Crippen LogP contribution in [0.15, 0.2) is 83.8 Å². The van der Waals surface area contributed by atoms with Crippen LogP contribution < -0.4 is 16.6 Å². The second kappa shape index (κ2) is 20.0. The molecule has 3 aliphatic rings. The maximum Gasteiger partial charge on any atom is 0.274 e. The maximum absolute atomic E-state index is 15.1. The summed E-state index contributed by atoms with van der Waals surface area (Å²) in [5, 5.41) is 10.8. The van der Waals surface area contributed by atoms with E-state index < -0.39 is 17.6 Å². The van der Waals surface area contributed by atoms with E-state index >= 15 is 4.39 Å². The van der Waals surface area contributed by atoms with E-state index in [-0.39, 0.29) is 35.2 Å². The number of pyridine rings is 1. The van der Waals surface area contributed by atoms with Gasteiger partial charge in [0.15, 0.2) is 5.69 Å². The van der Waals surface area contributed by atoms with E-state index in [2.05, 4.69) is 49.4 Å². The lowest BCUT2D eigenvalue weighted by Gasteiger charge is -2.40. The molecular formula is C48H55FN10O5. The van der Waals surface area contributed by atoms with Crippen LogP contribution in [0.2, 0.25) is 0 Å². The van der Waals surface area contributed by atoms with Crippen molar-refractivity contribution in [2.75, 3.05) is 90.4 Å². The van der Waals surface area contributed by atoms with Crippen molar-refractivity contribution in [2.45, 2.75) is 32.6 Å². The van der Waals surface area contributed by atoms with E-state index in [1.54, 1.807) is 46.3 Å². The topological polar surface area (TPSA) is 181 Å². The average molecular weight is 871 g/mol. The molecule has 4 amide bonds. The quantitative estimate of drug-likeness (QED) is 0.168. The summed E-state index contributed by atoms with van der Waals surface area (Å²) in [6.07, 6.45) is 4.59. The van der Waals surface area contributed by atoms with Gasteiger partial charge in [0.25, 0.3) is 17.4 Å². The van der Waals surface area contributed by atoms with Crippen LogP contribution in [0.3, 0.4) is 0 Å². The molecule has 3 saturated heterocycles. The van der Waals surface area contributed by atoms with Gasteiger partial charge in [-0.1, -0.05) is 55.5 Å². The zero-order valence-corrected chi connectivity index (χ0v) is 36.2. The monoisotopic (exact) mass is 870 g/mol. The Balaban J connectivity index is 0.774. The molecule has 5 heterocycles. The van der Waals surface area contributed by atoms with Gasteiger partial charge in [0.05, 0.1) is 35.4 Å². The van der Waals surface area contributed by atoms with Gasteiger partial charge in [-0.2, -0.15) is 5.10 Å². The minimum Gasteiger partial charge on any atom is -0.338 e. The number of aromatic amines is 1. The number of rotatable bonds is 12. The number of hydrogen-bond acceptors (Lipinski definition) is 10. The number of aryl methyl sites for hydroxylation is 1. The van der Waals surface area contributed by atoms with Crippen molar-refractivity contribution in [3.63, 3.8) is 0 Å². The Kier molecular flexibility index (Phi) is 13.8. The van der Waals surface area contributed by atoms with Gasteiger partial charge in [-0.15, -0.1) is 0 Å². The van der Waals surface area contributed by atoms with Gasteiger partial charge in [0.2, 0.25) is 11.8 Å². The highest BCUT2D eigenvalue weighted by Crippen LogP contribution is 2.28. The van der Waals surface area contributed by atoms with E-state index in [1.165, 1.54) is 11.6 Å². The van der Waals surface area contributed by atoms with Gasteiger partial charge in [0.1, 0.15) is 5.82 Å². The Morgan fingerprint density at radius 1 is 0.766 bits per heavy atom. The molecule has 15 nitrogen and oxygen atoms in total. The first-order chi connectivity index (χ1) is 31.1. The SMILES string of the molecule is CCc1cccc(-c2cnc(C(=O)N3CCC(CN4CCN(CC(=O)N5CCN(C(=O)c6cc(Cc7n[nH]c(=O)c8ccccc78)ccc6F)CC5)CC4)CC3)c(NC(=O)CN)c2)c1. The summed E-state index contributed by atoms with van der Waals surface area (Å²) in [7, 11) is 0. The first-order valence-electron chi connectivity index (χ1n) is 22.2. The molecule has 4 N–H and O–H groups in total. The van der Waals surface area contributed by atoms with Crippen LogP contribution in [0.25, 0.3) is 21.9 Å². The fraction of sp³-hybridized carbons (Fsp3) is 0.396. The number of nitrogens with one attached hydrogen (secondary N) is 2. The Morgan fingerprint density at radius 3 is 2.20 bits per heavy atom. The molecule has 8 rings (SSSR count). The third kappa shape index (κ3) is 10.2. The number of likely N-dealkylation sites (tertiary alicyclic amines) is 1. The van der Waals surface area contributed by atoms with E-state index in [0.717, 1.165) is 63.1 Å². The lowest BCUT2D eigenvalue weighted by molar-refractivity contribution is -0.134. The van der Waals surface area contributed by atoms with Crippen molar-refractivity contribution < 1.29 is 23.6 Å². The molecule has 3 aliphatic heterocycles. The fourth-order valence-corrected chi connectivity index (χ4v) is 8.99. The summed E-state index contributed by atoms with van der Waals surface area (Å²) < 4.78 is 15.1. The number of piperazine rings is 2. The highest BCUT2D eigenvalue weighted by atomic mass is 19.1. The Hall–Kier alpha value is -6.36. The maximum atomic E-state index is 15.1. The number of carbonyl (C=O) groups excluding carboxylic acids is 4. The van der Waals surface area contributed by atoms with Crippen LogP contribution in [-0.4, -0.2) is 148 Å². The lowest BCUT2D eigenvalue weighted by Crippen LogP contribution is -2.55. The van der Waals surface area contributed by atoms with Crippen LogP contribution in [0.4, 0.5) is 10.1 Å². The van der Waals surface area contributed by atoms with Crippen molar-refractivity contribution in [3.05, 3.63) is 123 Å².